The van der Waals surface area contributed by atoms with Crippen molar-refractivity contribution in [3.05, 3.63) is 64.2 Å². The Hall–Kier alpha value is -3.22. The lowest BCUT2D eigenvalue weighted by atomic mass is 10.1. The molecule has 0 saturated carbocycles. The number of hydrogen-bond acceptors (Lipinski definition) is 4. The lowest BCUT2D eigenvalue weighted by Gasteiger charge is -2.17. The lowest BCUT2D eigenvalue weighted by molar-refractivity contribution is -0.384. The van der Waals surface area contributed by atoms with E-state index in [1.165, 1.54) is 23.1 Å². The van der Waals surface area contributed by atoms with Crippen LogP contribution in [0, 0.1) is 16.0 Å². The molecule has 7 nitrogen and oxygen atoms in total. The van der Waals surface area contributed by atoms with Crippen molar-refractivity contribution in [2.45, 2.75) is 19.8 Å². The Morgan fingerprint density at radius 1 is 1.27 bits per heavy atom. The number of nitro benzene ring substituents is 1. The normalized spacial score (nSPS) is 16.6. The molecule has 0 radical (unpaired) electrons. The van der Waals surface area contributed by atoms with E-state index in [2.05, 4.69) is 5.32 Å². The highest BCUT2D eigenvalue weighted by Crippen LogP contribution is 2.29. The zero-order valence-corrected chi connectivity index (χ0v) is 14.3. The second-order valence-electron chi connectivity index (χ2n) is 6.18. The average Bonchev–Trinajstić information content (AvgIpc) is 3.04. The van der Waals surface area contributed by atoms with Crippen molar-refractivity contribution in [1.82, 2.24) is 0 Å². The van der Waals surface area contributed by atoms with Crippen LogP contribution in [0.15, 0.2) is 48.5 Å². The van der Waals surface area contributed by atoms with Crippen LogP contribution in [-0.4, -0.2) is 23.3 Å². The molecule has 0 unspecified atom stereocenters. The highest BCUT2D eigenvalue weighted by atomic mass is 16.6. The number of hydrogen-bond donors (Lipinski definition) is 1. The van der Waals surface area contributed by atoms with Crippen LogP contribution in [0.3, 0.4) is 0 Å². The second-order valence-corrected chi connectivity index (χ2v) is 6.18. The zero-order chi connectivity index (χ0) is 18.7. The molecule has 1 atom stereocenters. The summed E-state index contributed by atoms with van der Waals surface area (Å²) in [5, 5.41) is 13.8. The van der Waals surface area contributed by atoms with Crippen LogP contribution in [0.25, 0.3) is 0 Å². The number of nitrogens with one attached hydrogen (secondary N) is 1. The van der Waals surface area contributed by atoms with E-state index in [-0.39, 0.29) is 30.5 Å². The molecule has 2 aromatic carbocycles. The molecule has 0 bridgehead atoms. The quantitative estimate of drug-likeness (QED) is 0.660. The van der Waals surface area contributed by atoms with Gasteiger partial charge < -0.3 is 10.2 Å². The summed E-state index contributed by atoms with van der Waals surface area (Å²) in [7, 11) is 0. The van der Waals surface area contributed by atoms with Crippen molar-refractivity contribution in [3.63, 3.8) is 0 Å². The van der Waals surface area contributed by atoms with Crippen molar-refractivity contribution >= 4 is 28.9 Å². The van der Waals surface area contributed by atoms with Gasteiger partial charge in [-0.1, -0.05) is 31.2 Å². The first-order valence-electron chi connectivity index (χ1n) is 8.43. The number of carbonyl (C=O) groups excluding carboxylic acids is 2. The number of rotatable bonds is 5. The van der Waals surface area contributed by atoms with Crippen molar-refractivity contribution in [1.29, 1.82) is 0 Å². The van der Waals surface area contributed by atoms with E-state index in [0.29, 0.717) is 5.69 Å². The van der Waals surface area contributed by atoms with Gasteiger partial charge in [0.1, 0.15) is 0 Å². The van der Waals surface area contributed by atoms with Crippen LogP contribution >= 0.6 is 0 Å². The third kappa shape index (κ3) is 3.56. The van der Waals surface area contributed by atoms with Gasteiger partial charge in [0.05, 0.1) is 16.5 Å². The molecule has 0 aromatic heterocycles. The first-order valence-corrected chi connectivity index (χ1v) is 8.43. The molecule has 1 aliphatic heterocycles. The van der Waals surface area contributed by atoms with Gasteiger partial charge in [0.25, 0.3) is 5.69 Å². The smallest absolute Gasteiger partial charge is 0.271 e. The van der Waals surface area contributed by atoms with Gasteiger partial charge in [-0.05, 0) is 24.1 Å². The molecule has 1 saturated heterocycles. The van der Waals surface area contributed by atoms with Gasteiger partial charge in [-0.15, -0.1) is 0 Å². The molecule has 1 heterocycles. The van der Waals surface area contributed by atoms with Gasteiger partial charge in [0.2, 0.25) is 11.8 Å². The summed E-state index contributed by atoms with van der Waals surface area (Å²) < 4.78 is 0. The highest BCUT2D eigenvalue weighted by Gasteiger charge is 2.35. The number of nitrogens with zero attached hydrogens (tertiary/aromatic N) is 2. The minimum absolute atomic E-state index is 0.0833. The summed E-state index contributed by atoms with van der Waals surface area (Å²) >= 11 is 0. The number of nitro groups is 1. The minimum atomic E-state index is -0.504. The van der Waals surface area contributed by atoms with Crippen LogP contribution in [-0.2, 0) is 16.0 Å². The molecule has 0 aliphatic carbocycles. The maximum atomic E-state index is 12.6. The standard InChI is InChI=1S/C19H19N3O4/c1-2-13-6-3-4-9-17(13)20-19(24)14-10-18(23)21(12-14)15-7-5-8-16(11-15)22(25)26/h3-9,11,14H,2,10,12H2,1H3,(H,20,24)/t14-/m1/s1. The number of benzene rings is 2. The van der Waals surface area contributed by atoms with E-state index >= 15 is 0 Å². The number of non-ortho nitro benzene ring substituents is 1. The van der Waals surface area contributed by atoms with E-state index in [1.807, 2.05) is 31.2 Å². The molecule has 1 N–H and O–H groups in total. The Balaban J connectivity index is 1.74. The predicted octanol–water partition coefficient (Wildman–Crippen LogP) is 3.15. The Kier molecular flexibility index (Phi) is 4.97. The van der Waals surface area contributed by atoms with Crippen LogP contribution in [0.1, 0.15) is 18.9 Å². The van der Waals surface area contributed by atoms with Crippen LogP contribution < -0.4 is 10.2 Å². The summed E-state index contributed by atoms with van der Waals surface area (Å²) in [6, 6.07) is 13.4. The molecule has 3 rings (SSSR count). The maximum absolute atomic E-state index is 12.6. The minimum Gasteiger partial charge on any atom is -0.326 e. The fraction of sp³-hybridized carbons (Fsp3) is 0.263. The predicted molar refractivity (Wildman–Crippen MR) is 98.0 cm³/mol. The third-order valence-electron chi connectivity index (χ3n) is 4.50. The molecular formula is C19H19N3O4. The molecule has 0 spiro atoms. The Morgan fingerprint density at radius 3 is 2.77 bits per heavy atom. The number of aryl methyl sites for hydroxylation is 1. The topological polar surface area (TPSA) is 92.6 Å². The van der Waals surface area contributed by atoms with Crippen molar-refractivity contribution in [2.75, 3.05) is 16.8 Å². The van der Waals surface area contributed by atoms with E-state index in [9.17, 15) is 19.7 Å². The summed E-state index contributed by atoms with van der Waals surface area (Å²) in [4.78, 5) is 36.8. The summed E-state index contributed by atoms with van der Waals surface area (Å²) in [6.07, 6.45) is 0.878. The molecule has 7 heteroatoms. The Morgan fingerprint density at radius 2 is 2.04 bits per heavy atom. The first kappa shape index (κ1) is 17.6. The Bertz CT molecular complexity index is 865. The highest BCUT2D eigenvalue weighted by molar-refractivity contribution is 6.03. The van der Waals surface area contributed by atoms with Gasteiger partial charge in [0.15, 0.2) is 0 Å². The molecule has 134 valence electrons. The molecule has 26 heavy (non-hydrogen) atoms. The van der Waals surface area contributed by atoms with E-state index in [4.69, 9.17) is 0 Å². The zero-order valence-electron chi connectivity index (χ0n) is 14.3. The first-order chi connectivity index (χ1) is 12.5. The monoisotopic (exact) mass is 353 g/mol. The maximum Gasteiger partial charge on any atom is 0.271 e. The largest absolute Gasteiger partial charge is 0.326 e. The van der Waals surface area contributed by atoms with E-state index < -0.39 is 10.8 Å². The SMILES string of the molecule is CCc1ccccc1NC(=O)[C@@H]1CC(=O)N(c2cccc([N+](=O)[O-])c2)C1. The van der Waals surface area contributed by atoms with Crippen molar-refractivity contribution in [2.24, 2.45) is 5.92 Å². The molecule has 1 fully saturated rings. The van der Waals surface area contributed by atoms with E-state index in [1.54, 1.807) is 6.07 Å². The van der Waals surface area contributed by atoms with Crippen molar-refractivity contribution in [3.8, 4) is 0 Å². The summed E-state index contributed by atoms with van der Waals surface area (Å²) in [5.41, 5.74) is 2.13. The molecule has 2 amide bonds. The van der Waals surface area contributed by atoms with Gasteiger partial charge in [-0.3, -0.25) is 19.7 Å². The summed E-state index contributed by atoms with van der Waals surface area (Å²) in [6.45, 7) is 2.22. The van der Waals surface area contributed by atoms with Crippen LogP contribution in [0.4, 0.5) is 17.1 Å². The van der Waals surface area contributed by atoms with Gasteiger partial charge in [0, 0.05) is 30.8 Å². The number of para-hydroxylation sites is 1. The second kappa shape index (κ2) is 7.35. The number of anilines is 2. The lowest BCUT2D eigenvalue weighted by Crippen LogP contribution is -2.28. The molecular weight excluding hydrogens is 334 g/mol. The summed E-state index contributed by atoms with van der Waals surface area (Å²) in [5.74, 6) is -0.923. The van der Waals surface area contributed by atoms with Gasteiger partial charge in [-0.25, -0.2) is 0 Å². The Labute approximate surface area is 150 Å². The van der Waals surface area contributed by atoms with Gasteiger partial charge >= 0.3 is 0 Å². The van der Waals surface area contributed by atoms with E-state index in [0.717, 1.165) is 17.7 Å². The molecule has 1 aliphatic rings. The van der Waals surface area contributed by atoms with Gasteiger partial charge in [-0.2, -0.15) is 0 Å². The fourth-order valence-corrected chi connectivity index (χ4v) is 3.09. The number of amides is 2. The molecule has 2 aromatic rings. The third-order valence-corrected chi connectivity index (χ3v) is 4.50. The fourth-order valence-electron chi connectivity index (χ4n) is 3.09. The van der Waals surface area contributed by atoms with Crippen LogP contribution in [0.2, 0.25) is 0 Å². The van der Waals surface area contributed by atoms with Crippen LogP contribution in [0.5, 0.6) is 0 Å². The average molecular weight is 353 g/mol. The van der Waals surface area contributed by atoms with Crippen molar-refractivity contribution < 1.29 is 14.5 Å². The number of carbonyl (C=O) groups is 2.